The lowest BCUT2D eigenvalue weighted by atomic mass is 10.1. The molecule has 1 aliphatic heterocycles. The van der Waals surface area contributed by atoms with E-state index in [-0.39, 0.29) is 5.91 Å². The molecule has 0 radical (unpaired) electrons. The Morgan fingerprint density at radius 1 is 1.09 bits per heavy atom. The average Bonchev–Trinajstić information content (AvgIpc) is 3.15. The van der Waals surface area contributed by atoms with Gasteiger partial charge in [-0.15, -0.1) is 0 Å². The number of anilines is 2. The summed E-state index contributed by atoms with van der Waals surface area (Å²) in [6, 6.07) is 13.7. The summed E-state index contributed by atoms with van der Waals surface area (Å²) in [4.78, 5) is 31.7. The van der Waals surface area contributed by atoms with E-state index in [9.17, 15) is 4.79 Å². The highest BCUT2D eigenvalue weighted by molar-refractivity contribution is 6.11. The maximum atomic E-state index is 12.8. The van der Waals surface area contributed by atoms with Crippen LogP contribution in [-0.4, -0.2) is 38.9 Å². The number of amides is 1. The van der Waals surface area contributed by atoms with Gasteiger partial charge < -0.3 is 15.2 Å². The van der Waals surface area contributed by atoms with E-state index >= 15 is 0 Å². The number of hydrogen-bond acceptors (Lipinski definition) is 5. The van der Waals surface area contributed by atoms with Gasteiger partial charge >= 0.3 is 0 Å². The van der Waals surface area contributed by atoms with Gasteiger partial charge in [0.2, 0.25) is 0 Å². The molecule has 1 aliphatic rings. The van der Waals surface area contributed by atoms with E-state index in [0.29, 0.717) is 28.2 Å². The van der Waals surface area contributed by atoms with Crippen molar-refractivity contribution in [2.24, 2.45) is 0 Å². The van der Waals surface area contributed by atoms with E-state index in [1.807, 2.05) is 0 Å². The van der Waals surface area contributed by atoms with Crippen LogP contribution in [0.25, 0.3) is 22.6 Å². The Hall–Kier alpha value is -4.00. The molecule has 1 aromatic carbocycles. The minimum absolute atomic E-state index is 0.245. The first kappa shape index (κ1) is 20.9. The molecule has 2 N–H and O–H groups in total. The zero-order valence-electron chi connectivity index (χ0n) is 18.6. The summed E-state index contributed by atoms with van der Waals surface area (Å²) in [6.45, 7) is 4.25. The second kappa shape index (κ2) is 9.24. The van der Waals surface area contributed by atoms with Crippen molar-refractivity contribution in [1.82, 2.24) is 19.9 Å². The third kappa shape index (κ3) is 4.48. The van der Waals surface area contributed by atoms with Crippen molar-refractivity contribution in [3.05, 3.63) is 78.3 Å². The van der Waals surface area contributed by atoms with E-state index in [0.717, 1.165) is 25.1 Å². The molecule has 33 heavy (non-hydrogen) atoms. The predicted molar refractivity (Wildman–Crippen MR) is 131 cm³/mol. The third-order valence-corrected chi connectivity index (χ3v) is 6.09. The van der Waals surface area contributed by atoms with Crippen LogP contribution in [0, 0.1) is 0 Å². The monoisotopic (exact) mass is 438 g/mol. The summed E-state index contributed by atoms with van der Waals surface area (Å²) in [7, 11) is 0. The number of hydrogen-bond donors (Lipinski definition) is 2. The average molecular weight is 439 g/mol. The lowest BCUT2D eigenvalue weighted by Gasteiger charge is -2.22. The molecule has 0 atom stereocenters. The number of carbonyl (C=O) groups excluding carboxylic acids is 1. The van der Waals surface area contributed by atoms with Gasteiger partial charge in [0.1, 0.15) is 11.3 Å². The summed E-state index contributed by atoms with van der Waals surface area (Å²) < 4.78 is 0. The predicted octanol–water partition coefficient (Wildman–Crippen LogP) is 5.21. The van der Waals surface area contributed by atoms with Crippen LogP contribution in [0.2, 0.25) is 0 Å². The molecule has 7 nitrogen and oxygen atoms in total. The zero-order valence-corrected chi connectivity index (χ0v) is 18.6. The molecule has 1 fully saturated rings. The smallest absolute Gasteiger partial charge is 0.258 e. The molecular weight excluding hydrogens is 412 g/mol. The van der Waals surface area contributed by atoms with Crippen LogP contribution in [0.5, 0.6) is 0 Å². The fourth-order valence-corrected chi connectivity index (χ4v) is 4.25. The molecule has 5 rings (SSSR count). The van der Waals surface area contributed by atoms with Gasteiger partial charge in [-0.3, -0.25) is 9.78 Å². The second-order valence-corrected chi connectivity index (χ2v) is 8.17. The number of nitrogens with one attached hydrogen (secondary N) is 2. The summed E-state index contributed by atoms with van der Waals surface area (Å²) in [5.41, 5.74) is 5.96. The fourth-order valence-electron chi connectivity index (χ4n) is 4.25. The van der Waals surface area contributed by atoms with Gasteiger partial charge in [0.15, 0.2) is 5.65 Å². The summed E-state index contributed by atoms with van der Waals surface area (Å²) in [6.07, 6.45) is 10.6. The van der Waals surface area contributed by atoms with Crippen LogP contribution in [0.1, 0.15) is 36.5 Å². The summed E-state index contributed by atoms with van der Waals surface area (Å²) >= 11 is 0. The Morgan fingerprint density at radius 3 is 2.76 bits per heavy atom. The number of pyridine rings is 2. The van der Waals surface area contributed by atoms with E-state index in [4.69, 9.17) is 4.98 Å². The number of fused-ring (bicyclic) bond motifs is 1. The Labute approximate surface area is 192 Å². The first-order valence-electron chi connectivity index (χ1n) is 11.3. The first-order valence-corrected chi connectivity index (χ1v) is 11.3. The Balaban J connectivity index is 1.38. The van der Waals surface area contributed by atoms with Gasteiger partial charge in [-0.25, -0.2) is 9.97 Å². The van der Waals surface area contributed by atoms with Gasteiger partial charge in [-0.2, -0.15) is 0 Å². The number of imidazole rings is 1. The highest BCUT2D eigenvalue weighted by Gasteiger charge is 2.17. The Kier molecular flexibility index (Phi) is 5.85. The number of aromatic amines is 1. The van der Waals surface area contributed by atoms with Crippen LogP contribution in [0.4, 0.5) is 11.4 Å². The maximum Gasteiger partial charge on any atom is 0.258 e. The van der Waals surface area contributed by atoms with Crippen molar-refractivity contribution < 1.29 is 4.79 Å². The number of nitrogens with zero attached hydrogens (tertiary/aromatic N) is 4. The van der Waals surface area contributed by atoms with Gasteiger partial charge in [0.25, 0.3) is 5.91 Å². The van der Waals surface area contributed by atoms with Gasteiger partial charge in [-0.05, 0) is 68.7 Å². The van der Waals surface area contributed by atoms with E-state index in [1.165, 1.54) is 18.5 Å². The van der Waals surface area contributed by atoms with Crippen molar-refractivity contribution in [1.29, 1.82) is 0 Å². The highest BCUT2D eigenvalue weighted by atomic mass is 16.1. The minimum atomic E-state index is -0.245. The number of allylic oxidation sites excluding steroid dienone is 1. The zero-order chi connectivity index (χ0) is 22.6. The summed E-state index contributed by atoms with van der Waals surface area (Å²) in [5.74, 6) is 0.447. The second-order valence-electron chi connectivity index (χ2n) is 8.17. The van der Waals surface area contributed by atoms with E-state index in [1.54, 1.807) is 42.4 Å². The number of benzene rings is 1. The summed E-state index contributed by atoms with van der Waals surface area (Å²) in [5, 5.41) is 2.86. The normalized spacial score (nSPS) is 15.5. The topological polar surface area (TPSA) is 86.8 Å². The lowest BCUT2D eigenvalue weighted by molar-refractivity contribution is 0.102. The number of rotatable bonds is 4. The lowest BCUT2D eigenvalue weighted by Crippen LogP contribution is -2.23. The van der Waals surface area contributed by atoms with Crippen LogP contribution in [0.3, 0.4) is 0 Å². The molecule has 0 spiro atoms. The molecule has 0 aliphatic carbocycles. The molecule has 4 heterocycles. The van der Waals surface area contributed by atoms with Gasteiger partial charge in [-0.1, -0.05) is 11.6 Å². The molecule has 7 heteroatoms. The van der Waals surface area contributed by atoms with E-state index in [2.05, 4.69) is 62.4 Å². The molecule has 166 valence electrons. The van der Waals surface area contributed by atoms with Crippen molar-refractivity contribution in [3.8, 4) is 11.4 Å². The Bertz CT molecular complexity index is 1290. The van der Waals surface area contributed by atoms with Crippen molar-refractivity contribution in [2.75, 3.05) is 23.3 Å². The molecule has 0 unspecified atom stereocenters. The molecule has 1 saturated heterocycles. The molecule has 4 aromatic rings. The van der Waals surface area contributed by atoms with Crippen molar-refractivity contribution in [3.63, 3.8) is 0 Å². The van der Waals surface area contributed by atoms with Gasteiger partial charge in [0.05, 0.1) is 17.4 Å². The van der Waals surface area contributed by atoms with Gasteiger partial charge in [0, 0.05) is 36.7 Å². The third-order valence-electron chi connectivity index (χ3n) is 6.09. The minimum Gasteiger partial charge on any atom is -0.371 e. The molecule has 0 saturated carbocycles. The number of aromatic nitrogens is 4. The van der Waals surface area contributed by atoms with Crippen molar-refractivity contribution >= 4 is 28.4 Å². The largest absolute Gasteiger partial charge is 0.371 e. The maximum absolute atomic E-state index is 12.8. The standard InChI is InChI=1S/C26H26N6O/c1-2-18-5-4-15-32(16-12-18)21-9-7-19(8-10-21)24-30-23-22(11-14-28-25(23)31-24)26(33)29-20-6-3-13-27-17-20/h2-3,6-11,13-14,17H,4-5,12,15-16H2,1H3,(H,29,33)(H,28,30,31)/b18-2-. The number of H-pyrrole nitrogens is 1. The highest BCUT2D eigenvalue weighted by Crippen LogP contribution is 2.27. The molecular formula is C26H26N6O. The Morgan fingerprint density at radius 2 is 1.97 bits per heavy atom. The van der Waals surface area contributed by atoms with Crippen molar-refractivity contribution in [2.45, 2.75) is 26.2 Å². The molecule has 3 aromatic heterocycles. The van der Waals surface area contributed by atoms with Crippen LogP contribution in [-0.2, 0) is 0 Å². The molecule has 0 bridgehead atoms. The SMILES string of the molecule is C/C=C1/CCCN(c2ccc(-c3nc4c(C(=O)Nc5cccnc5)ccnc4[nH]3)cc2)CC1. The number of carbonyl (C=O) groups is 1. The van der Waals surface area contributed by atoms with Crippen LogP contribution >= 0.6 is 0 Å². The van der Waals surface area contributed by atoms with Crippen LogP contribution in [0.15, 0.2) is 72.7 Å². The quantitative estimate of drug-likeness (QED) is 0.427. The van der Waals surface area contributed by atoms with E-state index < -0.39 is 0 Å². The fraction of sp³-hybridized carbons (Fsp3) is 0.231. The molecule has 1 amide bonds. The first-order chi connectivity index (χ1) is 16.2. The van der Waals surface area contributed by atoms with Crippen LogP contribution < -0.4 is 10.2 Å².